The highest BCUT2D eigenvalue weighted by atomic mass is 16.1. The Balaban J connectivity index is 1.60. The summed E-state index contributed by atoms with van der Waals surface area (Å²) < 4.78 is 1.59. The first kappa shape index (κ1) is 21.0. The number of aryl methyl sites for hydroxylation is 1. The van der Waals surface area contributed by atoms with Crippen LogP contribution in [0.5, 0.6) is 0 Å². The molecule has 5 aromatic rings. The molecule has 0 spiro atoms. The predicted octanol–water partition coefficient (Wildman–Crippen LogP) is 4.73. The number of pyridine rings is 1. The van der Waals surface area contributed by atoms with Gasteiger partial charge in [0.25, 0.3) is 11.5 Å². The Morgan fingerprint density at radius 2 is 1.77 bits per heavy atom. The third-order valence-corrected chi connectivity index (χ3v) is 6.83. The molecule has 2 heterocycles. The fraction of sp³-hybridized carbons (Fsp3) is 0.103. The number of hydrogen-bond donors (Lipinski definition) is 1. The predicted molar refractivity (Wildman–Crippen MR) is 137 cm³/mol. The van der Waals surface area contributed by atoms with Gasteiger partial charge in [-0.15, -0.1) is 0 Å². The van der Waals surface area contributed by atoms with Crippen LogP contribution in [0.3, 0.4) is 0 Å². The average molecular weight is 459 g/mol. The second-order valence-electron chi connectivity index (χ2n) is 8.96. The zero-order valence-corrected chi connectivity index (χ0v) is 19.4. The minimum Gasteiger partial charge on any atom is -0.364 e. The van der Waals surface area contributed by atoms with E-state index in [1.165, 1.54) is 0 Å². The van der Waals surface area contributed by atoms with Gasteiger partial charge in [0.15, 0.2) is 0 Å². The summed E-state index contributed by atoms with van der Waals surface area (Å²) in [4.78, 5) is 34.4. The third kappa shape index (κ3) is 3.18. The van der Waals surface area contributed by atoms with Crippen molar-refractivity contribution in [3.8, 4) is 27.9 Å². The molecule has 0 fully saturated rings. The van der Waals surface area contributed by atoms with Crippen molar-refractivity contribution in [3.63, 3.8) is 0 Å². The van der Waals surface area contributed by atoms with Crippen LogP contribution in [0, 0.1) is 13.8 Å². The van der Waals surface area contributed by atoms with Gasteiger partial charge in [0.05, 0.1) is 16.6 Å². The molecular weight excluding hydrogens is 436 g/mol. The number of aromatic nitrogens is 3. The van der Waals surface area contributed by atoms with Gasteiger partial charge in [0.2, 0.25) is 0 Å². The van der Waals surface area contributed by atoms with Crippen LogP contribution >= 0.6 is 0 Å². The smallest absolute Gasteiger partial charge is 0.267 e. The van der Waals surface area contributed by atoms with Gasteiger partial charge in [-0.25, -0.2) is 4.98 Å². The largest absolute Gasteiger partial charge is 0.364 e. The Hall–Kier alpha value is -4.58. The number of nitrogens with zero attached hydrogens (tertiary/aromatic N) is 3. The van der Waals surface area contributed by atoms with Crippen molar-refractivity contribution in [2.24, 2.45) is 5.73 Å². The van der Waals surface area contributed by atoms with E-state index >= 15 is 0 Å². The molecule has 3 aromatic carbocycles. The van der Waals surface area contributed by atoms with Crippen molar-refractivity contribution in [2.75, 3.05) is 0 Å². The summed E-state index contributed by atoms with van der Waals surface area (Å²) in [5.41, 5.74) is 15.3. The number of benzene rings is 3. The zero-order valence-electron chi connectivity index (χ0n) is 19.4. The molecule has 35 heavy (non-hydrogen) atoms. The van der Waals surface area contributed by atoms with Gasteiger partial charge in [0.1, 0.15) is 12.0 Å². The number of hydrogen-bond acceptors (Lipinski definition) is 4. The minimum atomic E-state index is -0.531. The van der Waals surface area contributed by atoms with Gasteiger partial charge in [-0.05, 0) is 65.4 Å². The summed E-state index contributed by atoms with van der Waals surface area (Å²) in [6, 6.07) is 19.5. The fourth-order valence-electron chi connectivity index (χ4n) is 5.17. The van der Waals surface area contributed by atoms with Gasteiger partial charge in [-0.2, -0.15) is 0 Å². The first-order chi connectivity index (χ1) is 16.9. The normalized spacial score (nSPS) is 11.9. The van der Waals surface area contributed by atoms with Gasteiger partial charge in [-0.1, -0.05) is 48.0 Å². The lowest BCUT2D eigenvalue weighted by molar-refractivity contribution is 0.0995. The Bertz CT molecular complexity index is 1750. The molecular formula is C29H22N4O2. The number of para-hydroxylation sites is 1. The van der Waals surface area contributed by atoms with E-state index in [0.717, 1.165) is 50.2 Å². The Morgan fingerprint density at radius 3 is 2.60 bits per heavy atom. The van der Waals surface area contributed by atoms with Crippen LogP contribution in [0.25, 0.3) is 38.8 Å². The molecule has 170 valence electrons. The molecule has 0 unspecified atom stereocenters. The monoisotopic (exact) mass is 458 g/mol. The highest BCUT2D eigenvalue weighted by molar-refractivity contribution is 6.00. The number of primary amides is 1. The molecule has 2 aromatic heterocycles. The summed E-state index contributed by atoms with van der Waals surface area (Å²) in [6.07, 6.45) is 3.91. The number of nitrogens with two attached hydrogens (primary N) is 1. The topological polar surface area (TPSA) is 90.9 Å². The lowest BCUT2D eigenvalue weighted by atomic mass is 9.91. The molecule has 0 radical (unpaired) electrons. The van der Waals surface area contributed by atoms with Crippen LogP contribution in [0.15, 0.2) is 78.0 Å². The quantitative estimate of drug-likeness (QED) is 0.415. The maximum atomic E-state index is 13.3. The van der Waals surface area contributed by atoms with Crippen molar-refractivity contribution in [2.45, 2.75) is 20.3 Å². The molecule has 0 aliphatic heterocycles. The van der Waals surface area contributed by atoms with Crippen LogP contribution in [-0.2, 0) is 6.42 Å². The molecule has 0 saturated heterocycles. The van der Waals surface area contributed by atoms with Gasteiger partial charge in [-0.3, -0.25) is 19.1 Å². The summed E-state index contributed by atoms with van der Waals surface area (Å²) >= 11 is 0. The molecule has 6 nitrogen and oxygen atoms in total. The molecule has 6 rings (SSSR count). The third-order valence-electron chi connectivity index (χ3n) is 6.83. The van der Waals surface area contributed by atoms with Gasteiger partial charge < -0.3 is 5.73 Å². The lowest BCUT2D eigenvalue weighted by Crippen LogP contribution is -2.19. The Morgan fingerprint density at radius 1 is 0.943 bits per heavy atom. The van der Waals surface area contributed by atoms with Crippen molar-refractivity contribution in [1.82, 2.24) is 14.5 Å². The molecule has 1 aliphatic carbocycles. The van der Waals surface area contributed by atoms with Crippen molar-refractivity contribution in [1.29, 1.82) is 0 Å². The number of carbonyl (C=O) groups is 1. The lowest BCUT2D eigenvalue weighted by Gasteiger charge is -2.17. The molecule has 1 aliphatic rings. The first-order valence-corrected chi connectivity index (χ1v) is 11.4. The number of fused-ring (bicyclic) bond motifs is 4. The van der Waals surface area contributed by atoms with E-state index in [2.05, 4.69) is 35.1 Å². The van der Waals surface area contributed by atoms with Crippen molar-refractivity contribution >= 4 is 16.8 Å². The molecule has 0 bridgehead atoms. The average Bonchev–Trinajstić information content (AvgIpc) is 3.23. The number of amides is 1. The number of rotatable bonds is 3. The molecule has 0 saturated carbocycles. The second-order valence-corrected chi connectivity index (χ2v) is 8.96. The van der Waals surface area contributed by atoms with Crippen LogP contribution in [0.2, 0.25) is 0 Å². The van der Waals surface area contributed by atoms with E-state index in [1.54, 1.807) is 23.2 Å². The van der Waals surface area contributed by atoms with E-state index < -0.39 is 5.91 Å². The summed E-state index contributed by atoms with van der Waals surface area (Å²) in [6.45, 7) is 4.05. The van der Waals surface area contributed by atoms with Crippen LogP contribution < -0.4 is 11.3 Å². The van der Waals surface area contributed by atoms with E-state index in [-0.39, 0.29) is 5.56 Å². The summed E-state index contributed by atoms with van der Waals surface area (Å²) in [5, 5.41) is 0.567. The van der Waals surface area contributed by atoms with Crippen LogP contribution in [0.1, 0.15) is 32.7 Å². The summed E-state index contributed by atoms with van der Waals surface area (Å²) in [5.74, 6) is -0.531. The Labute approximate surface area is 201 Å². The van der Waals surface area contributed by atoms with Crippen LogP contribution in [0.4, 0.5) is 0 Å². The fourth-order valence-corrected chi connectivity index (χ4v) is 5.17. The minimum absolute atomic E-state index is 0.121. The molecule has 6 heteroatoms. The maximum absolute atomic E-state index is 13.3. The first-order valence-electron chi connectivity index (χ1n) is 11.4. The maximum Gasteiger partial charge on any atom is 0.267 e. The van der Waals surface area contributed by atoms with E-state index in [4.69, 9.17) is 5.73 Å². The van der Waals surface area contributed by atoms with Crippen molar-refractivity contribution < 1.29 is 4.79 Å². The molecule has 2 N–H and O–H groups in total. The van der Waals surface area contributed by atoms with Crippen molar-refractivity contribution in [3.05, 3.63) is 111 Å². The van der Waals surface area contributed by atoms with Gasteiger partial charge >= 0.3 is 0 Å². The van der Waals surface area contributed by atoms with Gasteiger partial charge in [0, 0.05) is 18.2 Å². The van der Waals surface area contributed by atoms with E-state index in [9.17, 15) is 9.59 Å². The van der Waals surface area contributed by atoms with E-state index in [1.807, 2.05) is 43.3 Å². The summed E-state index contributed by atoms with van der Waals surface area (Å²) in [7, 11) is 0. The standard InChI is InChI=1S/C29H22N4O2/c1-16-10-11-20-18(12-16)13-22-26(20)23(14-31-27(22)28(30)34)19-7-5-9-25(17(19)2)33-15-32-24-8-4-3-6-21(24)29(33)35/h3-12,14-15H,13H2,1-2H3,(H2,30,34). The number of carbonyl (C=O) groups excluding carboxylic acids is 1. The zero-order chi connectivity index (χ0) is 24.3. The Kier molecular flexibility index (Phi) is 4.64. The van der Waals surface area contributed by atoms with E-state index in [0.29, 0.717) is 23.0 Å². The highest BCUT2D eigenvalue weighted by Crippen LogP contribution is 2.45. The van der Waals surface area contributed by atoms with Crippen LogP contribution in [-0.4, -0.2) is 20.4 Å². The SMILES string of the molecule is Cc1ccc2c(c1)Cc1c(C(N)=O)ncc(-c3cccc(-n4cnc5ccccc5c4=O)c3C)c1-2. The molecule has 1 amide bonds. The second kappa shape index (κ2) is 7.74. The molecule has 0 atom stereocenters. The highest BCUT2D eigenvalue weighted by Gasteiger charge is 2.28.